The molecule has 0 saturated carbocycles. The van der Waals surface area contributed by atoms with Crippen LogP contribution in [0.5, 0.6) is 5.75 Å². The minimum Gasteiger partial charge on any atom is -0.493 e. The van der Waals surface area contributed by atoms with Crippen molar-refractivity contribution in [2.45, 2.75) is 39.2 Å². The van der Waals surface area contributed by atoms with Gasteiger partial charge in [0, 0.05) is 18.5 Å². The van der Waals surface area contributed by atoms with Crippen molar-refractivity contribution in [1.29, 1.82) is 0 Å². The zero-order valence-electron chi connectivity index (χ0n) is 11.6. The van der Waals surface area contributed by atoms with Crippen molar-refractivity contribution in [3.63, 3.8) is 0 Å². The average molecular weight is 265 g/mol. The summed E-state index contributed by atoms with van der Waals surface area (Å²) in [5.41, 5.74) is 6.66. The van der Waals surface area contributed by atoms with Gasteiger partial charge < -0.3 is 15.2 Å². The summed E-state index contributed by atoms with van der Waals surface area (Å²) >= 11 is 0. The van der Waals surface area contributed by atoms with Crippen LogP contribution in [0.3, 0.4) is 0 Å². The van der Waals surface area contributed by atoms with E-state index in [9.17, 15) is 4.79 Å². The van der Waals surface area contributed by atoms with Crippen LogP contribution in [-0.2, 0) is 16.1 Å². The minimum atomic E-state index is -0.114. The fraction of sp³-hybridized carbons (Fsp3) is 0.533. The SMILES string of the molecule is CCOC(=O)CCCCCOc1ccccc1CN. The Kier molecular flexibility index (Phi) is 7.66. The lowest BCUT2D eigenvalue weighted by atomic mass is 10.2. The molecule has 1 aromatic rings. The standard InChI is InChI=1S/C15H23NO3/c1-2-18-15(17)10-4-3-7-11-19-14-9-6-5-8-13(14)12-16/h5-6,8-9H,2-4,7,10-12,16H2,1H3. The number of nitrogens with two attached hydrogens (primary N) is 1. The van der Waals surface area contributed by atoms with Gasteiger partial charge in [0.2, 0.25) is 0 Å². The first-order chi connectivity index (χ1) is 9.27. The van der Waals surface area contributed by atoms with Gasteiger partial charge in [-0.3, -0.25) is 4.79 Å². The molecule has 1 rings (SSSR count). The molecule has 0 aliphatic heterocycles. The lowest BCUT2D eigenvalue weighted by Crippen LogP contribution is -2.05. The van der Waals surface area contributed by atoms with E-state index in [0.29, 0.717) is 26.2 Å². The summed E-state index contributed by atoms with van der Waals surface area (Å²) in [6, 6.07) is 7.79. The van der Waals surface area contributed by atoms with Crippen molar-refractivity contribution in [3.05, 3.63) is 29.8 Å². The van der Waals surface area contributed by atoms with Crippen LogP contribution in [0.15, 0.2) is 24.3 Å². The molecule has 0 atom stereocenters. The summed E-state index contributed by atoms with van der Waals surface area (Å²) < 4.78 is 10.6. The van der Waals surface area contributed by atoms with E-state index in [1.54, 1.807) is 0 Å². The summed E-state index contributed by atoms with van der Waals surface area (Å²) in [6.45, 7) is 3.41. The van der Waals surface area contributed by atoms with E-state index in [2.05, 4.69) is 0 Å². The molecule has 0 bridgehead atoms. The van der Waals surface area contributed by atoms with Crippen LogP contribution in [0, 0.1) is 0 Å². The van der Waals surface area contributed by atoms with Crippen LogP contribution >= 0.6 is 0 Å². The second kappa shape index (κ2) is 9.39. The molecule has 0 radical (unpaired) electrons. The van der Waals surface area contributed by atoms with Crippen LogP contribution in [-0.4, -0.2) is 19.2 Å². The highest BCUT2D eigenvalue weighted by Gasteiger charge is 2.02. The average Bonchev–Trinajstić information content (AvgIpc) is 2.43. The Morgan fingerprint density at radius 3 is 2.74 bits per heavy atom. The van der Waals surface area contributed by atoms with Crippen LogP contribution in [0.2, 0.25) is 0 Å². The highest BCUT2D eigenvalue weighted by molar-refractivity contribution is 5.69. The largest absolute Gasteiger partial charge is 0.493 e. The molecular weight excluding hydrogens is 242 g/mol. The maximum absolute atomic E-state index is 11.1. The fourth-order valence-corrected chi connectivity index (χ4v) is 1.78. The van der Waals surface area contributed by atoms with E-state index in [1.807, 2.05) is 31.2 Å². The van der Waals surface area contributed by atoms with E-state index in [-0.39, 0.29) is 5.97 Å². The fourth-order valence-electron chi connectivity index (χ4n) is 1.78. The highest BCUT2D eigenvalue weighted by Crippen LogP contribution is 2.17. The van der Waals surface area contributed by atoms with E-state index in [1.165, 1.54) is 0 Å². The second-order valence-electron chi connectivity index (χ2n) is 4.28. The first-order valence-corrected chi connectivity index (χ1v) is 6.84. The van der Waals surface area contributed by atoms with Gasteiger partial charge in [-0.15, -0.1) is 0 Å². The van der Waals surface area contributed by atoms with Crippen molar-refractivity contribution >= 4 is 5.97 Å². The van der Waals surface area contributed by atoms with Gasteiger partial charge in [-0.1, -0.05) is 18.2 Å². The first kappa shape index (κ1) is 15.5. The van der Waals surface area contributed by atoms with Crippen LogP contribution < -0.4 is 10.5 Å². The van der Waals surface area contributed by atoms with Crippen LogP contribution in [0.4, 0.5) is 0 Å². The Labute approximate surface area is 114 Å². The Morgan fingerprint density at radius 2 is 2.00 bits per heavy atom. The van der Waals surface area contributed by atoms with Gasteiger partial charge in [-0.05, 0) is 32.3 Å². The smallest absolute Gasteiger partial charge is 0.305 e. The van der Waals surface area contributed by atoms with Crippen molar-refractivity contribution in [2.75, 3.05) is 13.2 Å². The third-order valence-electron chi connectivity index (χ3n) is 2.78. The predicted molar refractivity (Wildman–Crippen MR) is 74.9 cm³/mol. The lowest BCUT2D eigenvalue weighted by molar-refractivity contribution is -0.143. The summed E-state index contributed by atoms with van der Waals surface area (Å²) in [5, 5.41) is 0. The molecule has 106 valence electrons. The number of benzene rings is 1. The Morgan fingerprint density at radius 1 is 1.21 bits per heavy atom. The van der Waals surface area contributed by atoms with Crippen molar-refractivity contribution in [1.82, 2.24) is 0 Å². The van der Waals surface area contributed by atoms with E-state index in [0.717, 1.165) is 30.6 Å². The number of hydrogen-bond donors (Lipinski definition) is 1. The van der Waals surface area contributed by atoms with Gasteiger partial charge in [0.25, 0.3) is 0 Å². The normalized spacial score (nSPS) is 10.2. The Balaban J connectivity index is 2.12. The van der Waals surface area contributed by atoms with E-state index >= 15 is 0 Å². The first-order valence-electron chi connectivity index (χ1n) is 6.84. The molecule has 0 aliphatic rings. The molecule has 4 nitrogen and oxygen atoms in total. The van der Waals surface area contributed by atoms with E-state index < -0.39 is 0 Å². The van der Waals surface area contributed by atoms with Gasteiger partial charge in [0.05, 0.1) is 13.2 Å². The van der Waals surface area contributed by atoms with Crippen LogP contribution in [0.1, 0.15) is 38.2 Å². The molecule has 2 N–H and O–H groups in total. The maximum Gasteiger partial charge on any atom is 0.305 e. The van der Waals surface area contributed by atoms with Crippen molar-refractivity contribution in [2.24, 2.45) is 5.73 Å². The number of hydrogen-bond acceptors (Lipinski definition) is 4. The van der Waals surface area contributed by atoms with E-state index in [4.69, 9.17) is 15.2 Å². The van der Waals surface area contributed by atoms with Crippen LogP contribution in [0.25, 0.3) is 0 Å². The molecule has 0 spiro atoms. The zero-order valence-corrected chi connectivity index (χ0v) is 11.6. The Hall–Kier alpha value is -1.55. The molecular formula is C15H23NO3. The second-order valence-corrected chi connectivity index (χ2v) is 4.28. The summed E-state index contributed by atoms with van der Waals surface area (Å²) in [7, 11) is 0. The molecule has 0 amide bonds. The summed E-state index contributed by atoms with van der Waals surface area (Å²) in [4.78, 5) is 11.1. The molecule has 0 aromatic heterocycles. The number of carbonyl (C=O) groups is 1. The number of rotatable bonds is 9. The monoisotopic (exact) mass is 265 g/mol. The molecule has 0 saturated heterocycles. The van der Waals surface area contributed by atoms with Gasteiger partial charge in [-0.25, -0.2) is 0 Å². The highest BCUT2D eigenvalue weighted by atomic mass is 16.5. The molecule has 0 fully saturated rings. The number of unbranched alkanes of at least 4 members (excludes halogenated alkanes) is 2. The van der Waals surface area contributed by atoms with Crippen molar-refractivity contribution < 1.29 is 14.3 Å². The molecule has 4 heteroatoms. The quantitative estimate of drug-likeness (QED) is 0.551. The third-order valence-corrected chi connectivity index (χ3v) is 2.78. The molecule has 0 unspecified atom stereocenters. The third kappa shape index (κ3) is 6.25. The molecule has 0 heterocycles. The number of carbonyl (C=O) groups excluding carboxylic acids is 1. The summed E-state index contributed by atoms with van der Waals surface area (Å²) in [5.74, 6) is 0.743. The van der Waals surface area contributed by atoms with Gasteiger partial charge >= 0.3 is 5.97 Å². The topological polar surface area (TPSA) is 61.5 Å². The zero-order chi connectivity index (χ0) is 13.9. The van der Waals surface area contributed by atoms with Gasteiger partial charge in [-0.2, -0.15) is 0 Å². The maximum atomic E-state index is 11.1. The Bertz CT molecular complexity index is 379. The summed E-state index contributed by atoms with van der Waals surface area (Å²) in [6.07, 6.45) is 3.23. The molecule has 19 heavy (non-hydrogen) atoms. The lowest BCUT2D eigenvalue weighted by Gasteiger charge is -2.09. The molecule has 0 aliphatic carbocycles. The predicted octanol–water partition coefficient (Wildman–Crippen LogP) is 2.65. The van der Waals surface area contributed by atoms with Crippen molar-refractivity contribution in [3.8, 4) is 5.75 Å². The number of ether oxygens (including phenoxy) is 2. The number of para-hydroxylation sites is 1. The van der Waals surface area contributed by atoms with Gasteiger partial charge in [0.15, 0.2) is 0 Å². The minimum absolute atomic E-state index is 0.114. The number of esters is 1. The van der Waals surface area contributed by atoms with Gasteiger partial charge in [0.1, 0.15) is 5.75 Å². The molecule has 1 aromatic carbocycles.